The third-order valence-corrected chi connectivity index (χ3v) is 6.71. The molecule has 3 heterocycles. The normalized spacial score (nSPS) is 20.5. The van der Waals surface area contributed by atoms with Crippen molar-refractivity contribution in [1.82, 2.24) is 4.90 Å². The Morgan fingerprint density at radius 1 is 1.14 bits per heavy atom. The van der Waals surface area contributed by atoms with Crippen LogP contribution in [-0.4, -0.2) is 41.5 Å². The first-order chi connectivity index (χ1) is 13.5. The van der Waals surface area contributed by atoms with Crippen LogP contribution in [0, 0.1) is 5.92 Å². The molecule has 2 aromatic rings. The van der Waals surface area contributed by atoms with E-state index in [1.54, 1.807) is 12.1 Å². The van der Waals surface area contributed by atoms with E-state index < -0.39 is 0 Å². The van der Waals surface area contributed by atoms with Crippen LogP contribution in [0.25, 0.3) is 5.57 Å². The van der Waals surface area contributed by atoms with E-state index in [0.29, 0.717) is 35.1 Å². The van der Waals surface area contributed by atoms with Gasteiger partial charge in [-0.1, -0.05) is 29.3 Å². The number of aliphatic hydroxyl groups is 1. The number of rotatable bonds is 4. The number of imide groups is 1. The van der Waals surface area contributed by atoms with Crippen LogP contribution in [0.1, 0.15) is 17.7 Å². The van der Waals surface area contributed by atoms with Gasteiger partial charge in [0, 0.05) is 24.6 Å². The van der Waals surface area contributed by atoms with Crippen molar-refractivity contribution in [3.8, 4) is 0 Å². The summed E-state index contributed by atoms with van der Waals surface area (Å²) in [6.45, 7) is 1.29. The Morgan fingerprint density at radius 2 is 1.96 bits per heavy atom. The van der Waals surface area contributed by atoms with Gasteiger partial charge < -0.3 is 10.0 Å². The van der Waals surface area contributed by atoms with Crippen LogP contribution >= 0.6 is 34.5 Å². The molecule has 1 N–H and O–H groups in total. The number of aliphatic hydroxyl groups excluding tert-OH is 1. The lowest BCUT2D eigenvalue weighted by Crippen LogP contribution is -2.40. The number of thiophene rings is 1. The zero-order chi connectivity index (χ0) is 19.8. The number of anilines is 1. The Morgan fingerprint density at radius 3 is 2.64 bits per heavy atom. The molecule has 1 unspecified atom stereocenters. The smallest absolute Gasteiger partial charge is 0.282 e. The molecular weight excluding hydrogens is 419 g/mol. The fourth-order valence-corrected chi connectivity index (χ4v) is 4.79. The largest absolute Gasteiger partial charge is 0.396 e. The number of piperidine rings is 1. The highest BCUT2D eigenvalue weighted by Gasteiger charge is 2.43. The summed E-state index contributed by atoms with van der Waals surface area (Å²) in [7, 11) is 0. The minimum Gasteiger partial charge on any atom is -0.396 e. The van der Waals surface area contributed by atoms with E-state index in [0.717, 1.165) is 22.6 Å². The summed E-state index contributed by atoms with van der Waals surface area (Å²) < 4.78 is 0. The minimum absolute atomic E-state index is 0.0662. The zero-order valence-corrected chi connectivity index (χ0v) is 17.2. The standard InChI is InChI=1S/C20H18Cl2N2O3S/c21-14-6-5-13(9-15(14)22)24-19(26)17(16-4-2-8-28-16)18(20(24)27)23-7-1-3-12(10-23)11-25/h2,4-6,8-9,12,25H,1,3,7,10-11H2. The van der Waals surface area contributed by atoms with E-state index in [9.17, 15) is 14.7 Å². The summed E-state index contributed by atoms with van der Waals surface area (Å²) in [5.41, 5.74) is 1.20. The number of nitrogens with zero attached hydrogens (tertiary/aromatic N) is 2. The average molecular weight is 437 g/mol. The van der Waals surface area contributed by atoms with Gasteiger partial charge in [0.1, 0.15) is 5.70 Å². The van der Waals surface area contributed by atoms with Crippen molar-refractivity contribution >= 4 is 57.6 Å². The molecule has 1 aromatic carbocycles. The Bertz CT molecular complexity index is 958. The predicted octanol–water partition coefficient (Wildman–Crippen LogP) is 4.04. The summed E-state index contributed by atoms with van der Waals surface area (Å²) >= 11 is 13.5. The quantitative estimate of drug-likeness (QED) is 0.734. The van der Waals surface area contributed by atoms with Gasteiger partial charge in [-0.3, -0.25) is 9.59 Å². The molecule has 0 aliphatic carbocycles. The van der Waals surface area contributed by atoms with E-state index in [1.165, 1.54) is 17.4 Å². The molecule has 8 heteroatoms. The van der Waals surface area contributed by atoms with Gasteiger partial charge in [-0.05, 0) is 48.4 Å². The number of amides is 2. The van der Waals surface area contributed by atoms with E-state index in [-0.39, 0.29) is 29.4 Å². The lowest BCUT2D eigenvalue weighted by Gasteiger charge is -2.34. The Balaban J connectivity index is 1.79. The van der Waals surface area contributed by atoms with Gasteiger partial charge in [0.05, 0.1) is 21.3 Å². The van der Waals surface area contributed by atoms with Crippen LogP contribution in [0.15, 0.2) is 41.4 Å². The zero-order valence-electron chi connectivity index (χ0n) is 14.9. The summed E-state index contributed by atoms with van der Waals surface area (Å²) in [6.07, 6.45) is 1.77. The summed E-state index contributed by atoms with van der Waals surface area (Å²) in [4.78, 5) is 30.6. The fourth-order valence-electron chi connectivity index (χ4n) is 3.73. The lowest BCUT2D eigenvalue weighted by atomic mass is 9.98. The summed E-state index contributed by atoms with van der Waals surface area (Å²) in [5.74, 6) is -0.648. The van der Waals surface area contributed by atoms with Gasteiger partial charge in [-0.2, -0.15) is 0 Å². The molecule has 2 aliphatic rings. The molecule has 1 saturated heterocycles. The first-order valence-corrected chi connectivity index (χ1v) is 10.6. The van der Waals surface area contributed by atoms with Crippen LogP contribution in [0.4, 0.5) is 5.69 Å². The maximum atomic E-state index is 13.4. The molecule has 4 rings (SSSR count). The monoisotopic (exact) mass is 436 g/mol. The van der Waals surface area contributed by atoms with Crippen molar-refractivity contribution in [3.63, 3.8) is 0 Å². The first kappa shape index (κ1) is 19.5. The molecule has 0 saturated carbocycles. The minimum atomic E-state index is -0.370. The molecule has 2 amide bonds. The molecule has 0 spiro atoms. The number of halogens is 2. The molecule has 146 valence electrons. The third-order valence-electron chi connectivity index (χ3n) is 5.08. The highest BCUT2D eigenvalue weighted by Crippen LogP contribution is 2.39. The summed E-state index contributed by atoms with van der Waals surface area (Å²) in [5, 5.41) is 12.1. The van der Waals surface area contributed by atoms with Crippen LogP contribution in [-0.2, 0) is 9.59 Å². The highest BCUT2D eigenvalue weighted by atomic mass is 35.5. The molecule has 5 nitrogen and oxygen atoms in total. The van der Waals surface area contributed by atoms with Crippen molar-refractivity contribution in [2.24, 2.45) is 5.92 Å². The number of hydrogen-bond acceptors (Lipinski definition) is 5. The molecule has 1 atom stereocenters. The van der Waals surface area contributed by atoms with Gasteiger partial charge in [0.25, 0.3) is 11.8 Å². The van der Waals surface area contributed by atoms with Crippen molar-refractivity contribution in [1.29, 1.82) is 0 Å². The number of likely N-dealkylation sites (tertiary alicyclic amines) is 1. The van der Waals surface area contributed by atoms with Crippen LogP contribution in [0.3, 0.4) is 0 Å². The first-order valence-electron chi connectivity index (χ1n) is 8.99. The third kappa shape index (κ3) is 3.35. The van der Waals surface area contributed by atoms with Gasteiger partial charge >= 0.3 is 0 Å². The molecule has 28 heavy (non-hydrogen) atoms. The number of carbonyl (C=O) groups excluding carboxylic acids is 2. The van der Waals surface area contributed by atoms with Crippen molar-refractivity contribution in [2.45, 2.75) is 12.8 Å². The Kier molecular flexibility index (Phi) is 5.47. The maximum Gasteiger partial charge on any atom is 0.282 e. The molecule has 2 aliphatic heterocycles. The van der Waals surface area contributed by atoms with E-state index in [2.05, 4.69) is 0 Å². The second-order valence-corrected chi connectivity index (χ2v) is 8.64. The van der Waals surface area contributed by atoms with E-state index in [1.807, 2.05) is 22.4 Å². The molecule has 1 fully saturated rings. The fraction of sp³-hybridized carbons (Fsp3) is 0.300. The van der Waals surface area contributed by atoms with E-state index >= 15 is 0 Å². The highest BCUT2D eigenvalue weighted by molar-refractivity contribution is 7.11. The number of hydrogen-bond donors (Lipinski definition) is 1. The predicted molar refractivity (Wildman–Crippen MR) is 112 cm³/mol. The molecule has 0 radical (unpaired) electrons. The Labute approximate surface area is 176 Å². The number of benzene rings is 1. The van der Waals surface area contributed by atoms with Crippen LogP contribution < -0.4 is 4.90 Å². The van der Waals surface area contributed by atoms with Gasteiger partial charge in [-0.25, -0.2) is 4.90 Å². The van der Waals surface area contributed by atoms with Crippen molar-refractivity contribution in [2.75, 3.05) is 24.6 Å². The van der Waals surface area contributed by atoms with E-state index in [4.69, 9.17) is 23.2 Å². The van der Waals surface area contributed by atoms with Gasteiger partial charge in [0.15, 0.2) is 0 Å². The molecule has 0 bridgehead atoms. The topological polar surface area (TPSA) is 60.9 Å². The van der Waals surface area contributed by atoms with Crippen LogP contribution in [0.5, 0.6) is 0 Å². The van der Waals surface area contributed by atoms with Gasteiger partial charge in [-0.15, -0.1) is 11.3 Å². The SMILES string of the molecule is O=C1C(c2cccs2)=C(N2CCCC(CO)C2)C(=O)N1c1ccc(Cl)c(Cl)c1. The van der Waals surface area contributed by atoms with Crippen LogP contribution in [0.2, 0.25) is 10.0 Å². The van der Waals surface area contributed by atoms with Crippen molar-refractivity contribution in [3.05, 3.63) is 56.3 Å². The second-order valence-electron chi connectivity index (χ2n) is 6.88. The Hall–Kier alpha value is -1.86. The van der Waals surface area contributed by atoms with Gasteiger partial charge in [0.2, 0.25) is 0 Å². The molecule has 1 aromatic heterocycles. The maximum absolute atomic E-state index is 13.4. The lowest BCUT2D eigenvalue weighted by molar-refractivity contribution is -0.120. The average Bonchev–Trinajstić information content (AvgIpc) is 3.30. The summed E-state index contributed by atoms with van der Waals surface area (Å²) in [6, 6.07) is 8.42. The number of carbonyl (C=O) groups is 2. The second kappa shape index (κ2) is 7.87. The molecular formula is C20H18Cl2N2O3S. The van der Waals surface area contributed by atoms with Crippen molar-refractivity contribution < 1.29 is 14.7 Å².